The molecule has 2 N–H and O–H groups in total. The van der Waals surface area contributed by atoms with Crippen LogP contribution in [0, 0.1) is 5.82 Å². The summed E-state index contributed by atoms with van der Waals surface area (Å²) in [7, 11) is 0. The van der Waals surface area contributed by atoms with Crippen molar-refractivity contribution in [2.24, 2.45) is 0 Å². The Bertz CT molecular complexity index is 1140. The van der Waals surface area contributed by atoms with Crippen molar-refractivity contribution in [1.82, 2.24) is 5.32 Å². The van der Waals surface area contributed by atoms with E-state index < -0.39 is 30.3 Å². The third-order valence-electron chi connectivity index (χ3n) is 4.09. The molecule has 0 bridgehead atoms. The van der Waals surface area contributed by atoms with Crippen molar-refractivity contribution in [3.05, 3.63) is 77.8 Å². The molecule has 3 rings (SSSR count). The third kappa shape index (κ3) is 5.63. The van der Waals surface area contributed by atoms with E-state index in [0.717, 1.165) is 6.07 Å². The van der Waals surface area contributed by atoms with Gasteiger partial charge in [0, 0.05) is 11.1 Å². The second kappa shape index (κ2) is 9.49. The predicted octanol–water partition coefficient (Wildman–Crippen LogP) is 3.79. The molecule has 0 aliphatic heterocycles. The summed E-state index contributed by atoms with van der Waals surface area (Å²) in [6, 6.07) is 14.0. The van der Waals surface area contributed by atoms with E-state index in [-0.39, 0.29) is 17.2 Å². The fourth-order valence-electron chi connectivity index (χ4n) is 2.55. The molecule has 0 radical (unpaired) electrons. The lowest BCUT2D eigenvalue weighted by Gasteiger charge is -2.07. The van der Waals surface area contributed by atoms with Crippen LogP contribution in [0.15, 0.2) is 65.1 Å². The molecule has 8 nitrogen and oxygen atoms in total. The molecule has 0 spiro atoms. The Morgan fingerprint density at radius 2 is 1.68 bits per heavy atom. The minimum Gasteiger partial charge on any atom is -0.450 e. The van der Waals surface area contributed by atoms with Gasteiger partial charge in [0.15, 0.2) is 12.4 Å². The topological polar surface area (TPSA) is 115 Å². The Morgan fingerprint density at radius 1 is 0.968 bits per heavy atom. The monoisotopic (exact) mass is 424 g/mol. The summed E-state index contributed by atoms with van der Waals surface area (Å²) in [4.78, 5) is 46.9. The maximum atomic E-state index is 13.5. The number of ketones is 1. The molecular formula is C22H17FN2O6. The number of Topliss-reactive ketones (excluding diaryl/α,β-unsaturated/α-hetero) is 1. The highest BCUT2D eigenvalue weighted by Gasteiger charge is 2.17. The zero-order chi connectivity index (χ0) is 22.4. The smallest absolute Gasteiger partial charge is 0.374 e. The van der Waals surface area contributed by atoms with Gasteiger partial charge in [-0.1, -0.05) is 36.4 Å². The van der Waals surface area contributed by atoms with Crippen molar-refractivity contribution < 1.29 is 32.7 Å². The van der Waals surface area contributed by atoms with Crippen molar-refractivity contribution in [1.29, 1.82) is 0 Å². The molecular weight excluding hydrogens is 407 g/mol. The summed E-state index contributed by atoms with van der Waals surface area (Å²) < 4.78 is 23.7. The molecule has 0 saturated heterocycles. The molecule has 158 valence electrons. The average molecular weight is 424 g/mol. The highest BCUT2D eigenvalue weighted by molar-refractivity contribution is 6.02. The van der Waals surface area contributed by atoms with Crippen LogP contribution in [0.4, 0.5) is 14.9 Å². The van der Waals surface area contributed by atoms with Gasteiger partial charge in [0.25, 0.3) is 5.91 Å². The molecule has 0 saturated carbocycles. The lowest BCUT2D eigenvalue weighted by Crippen LogP contribution is -2.37. The van der Waals surface area contributed by atoms with E-state index in [1.54, 1.807) is 30.3 Å². The van der Waals surface area contributed by atoms with Crippen molar-refractivity contribution in [3.63, 3.8) is 0 Å². The standard InChI is InChI=1S/C22H17FN2O6/c1-13(26)14-6-8-15(9-7-14)18-10-11-19(31-18)21(28)30-12-20(27)25-22(29)24-17-5-3-2-4-16(17)23/h2-11H,12H2,1H3,(H2,24,25,27,29). The van der Waals surface area contributed by atoms with E-state index in [9.17, 15) is 23.6 Å². The summed E-state index contributed by atoms with van der Waals surface area (Å²) in [5.74, 6) is -2.33. The first-order valence-corrected chi connectivity index (χ1v) is 9.07. The van der Waals surface area contributed by atoms with Gasteiger partial charge < -0.3 is 14.5 Å². The van der Waals surface area contributed by atoms with E-state index in [1.807, 2.05) is 5.32 Å². The molecule has 0 atom stereocenters. The Kier molecular flexibility index (Phi) is 6.56. The summed E-state index contributed by atoms with van der Waals surface area (Å²) in [5.41, 5.74) is 1.08. The highest BCUT2D eigenvalue weighted by atomic mass is 19.1. The van der Waals surface area contributed by atoms with Crippen LogP contribution in [0.25, 0.3) is 11.3 Å². The quantitative estimate of drug-likeness (QED) is 0.460. The number of amides is 3. The second-order valence-electron chi connectivity index (χ2n) is 6.36. The van der Waals surface area contributed by atoms with E-state index in [4.69, 9.17) is 9.15 Å². The number of ether oxygens (including phenoxy) is 1. The Morgan fingerprint density at radius 3 is 2.35 bits per heavy atom. The van der Waals surface area contributed by atoms with Crippen molar-refractivity contribution in [2.75, 3.05) is 11.9 Å². The summed E-state index contributed by atoms with van der Waals surface area (Å²) >= 11 is 0. The zero-order valence-corrected chi connectivity index (χ0v) is 16.3. The van der Waals surface area contributed by atoms with Crippen LogP contribution in [-0.2, 0) is 9.53 Å². The van der Waals surface area contributed by atoms with Crippen LogP contribution in [0.2, 0.25) is 0 Å². The highest BCUT2D eigenvalue weighted by Crippen LogP contribution is 2.23. The molecule has 1 heterocycles. The molecule has 1 aromatic heterocycles. The van der Waals surface area contributed by atoms with Gasteiger partial charge in [0.05, 0.1) is 5.69 Å². The van der Waals surface area contributed by atoms with Gasteiger partial charge in [0.2, 0.25) is 5.76 Å². The molecule has 0 fully saturated rings. The Hall–Kier alpha value is -4.27. The van der Waals surface area contributed by atoms with Gasteiger partial charge in [-0.05, 0) is 31.2 Å². The number of para-hydroxylation sites is 1. The van der Waals surface area contributed by atoms with Gasteiger partial charge in [-0.2, -0.15) is 0 Å². The molecule has 0 unspecified atom stereocenters. The number of imide groups is 1. The first-order chi connectivity index (χ1) is 14.8. The zero-order valence-electron chi connectivity index (χ0n) is 16.3. The fourth-order valence-corrected chi connectivity index (χ4v) is 2.55. The first kappa shape index (κ1) is 21.4. The Balaban J connectivity index is 1.51. The normalized spacial score (nSPS) is 10.3. The lowest BCUT2D eigenvalue weighted by atomic mass is 10.1. The number of rotatable bonds is 6. The van der Waals surface area contributed by atoms with Crippen molar-refractivity contribution in [3.8, 4) is 11.3 Å². The van der Waals surface area contributed by atoms with Gasteiger partial charge >= 0.3 is 12.0 Å². The van der Waals surface area contributed by atoms with Crippen molar-refractivity contribution in [2.45, 2.75) is 6.92 Å². The number of urea groups is 1. The van der Waals surface area contributed by atoms with Crippen LogP contribution >= 0.6 is 0 Å². The maximum Gasteiger partial charge on any atom is 0.374 e. The number of carbonyl (C=O) groups is 4. The molecule has 3 amide bonds. The molecule has 0 aliphatic carbocycles. The number of carbonyl (C=O) groups excluding carboxylic acids is 4. The third-order valence-corrected chi connectivity index (χ3v) is 4.09. The van der Waals surface area contributed by atoms with Gasteiger partial charge in [-0.3, -0.25) is 14.9 Å². The largest absolute Gasteiger partial charge is 0.450 e. The molecule has 0 aliphatic rings. The van der Waals surface area contributed by atoms with Crippen LogP contribution in [-0.4, -0.2) is 30.3 Å². The van der Waals surface area contributed by atoms with Crippen LogP contribution in [0.5, 0.6) is 0 Å². The Labute approximate surface area is 176 Å². The molecule has 31 heavy (non-hydrogen) atoms. The van der Waals surface area contributed by atoms with E-state index in [2.05, 4.69) is 5.32 Å². The number of benzene rings is 2. The van der Waals surface area contributed by atoms with Crippen LogP contribution in [0.3, 0.4) is 0 Å². The van der Waals surface area contributed by atoms with Gasteiger partial charge in [0.1, 0.15) is 11.6 Å². The number of anilines is 1. The maximum absolute atomic E-state index is 13.5. The number of hydrogen-bond acceptors (Lipinski definition) is 6. The number of furan rings is 1. The summed E-state index contributed by atoms with van der Waals surface area (Å²) in [6.07, 6.45) is 0. The minimum absolute atomic E-state index is 0.0730. The average Bonchev–Trinajstić information content (AvgIpc) is 3.24. The first-order valence-electron chi connectivity index (χ1n) is 9.07. The van der Waals surface area contributed by atoms with Crippen LogP contribution in [0.1, 0.15) is 27.8 Å². The van der Waals surface area contributed by atoms with Gasteiger partial charge in [-0.25, -0.2) is 14.0 Å². The van der Waals surface area contributed by atoms with Gasteiger partial charge in [-0.15, -0.1) is 0 Å². The molecule has 9 heteroatoms. The number of hydrogen-bond donors (Lipinski definition) is 2. The minimum atomic E-state index is -0.972. The fraction of sp³-hybridized carbons (Fsp3) is 0.0909. The molecule has 3 aromatic rings. The summed E-state index contributed by atoms with van der Waals surface area (Å²) in [6.45, 7) is 0.711. The predicted molar refractivity (Wildman–Crippen MR) is 108 cm³/mol. The van der Waals surface area contributed by atoms with E-state index in [0.29, 0.717) is 16.9 Å². The summed E-state index contributed by atoms with van der Waals surface area (Å²) in [5, 5.41) is 4.08. The number of nitrogens with one attached hydrogen (secondary N) is 2. The second-order valence-corrected chi connectivity index (χ2v) is 6.36. The molecule has 2 aromatic carbocycles. The number of esters is 1. The van der Waals surface area contributed by atoms with Crippen molar-refractivity contribution >= 4 is 29.4 Å². The number of halogens is 1. The SMILES string of the molecule is CC(=O)c1ccc(-c2ccc(C(=O)OCC(=O)NC(=O)Nc3ccccc3F)o2)cc1. The van der Waals surface area contributed by atoms with E-state index in [1.165, 1.54) is 31.2 Å². The van der Waals surface area contributed by atoms with Crippen LogP contribution < -0.4 is 10.6 Å². The lowest BCUT2D eigenvalue weighted by molar-refractivity contribution is -0.123. The van der Waals surface area contributed by atoms with E-state index >= 15 is 0 Å².